The molecule has 0 atom stereocenters. The molecule has 2 heterocycles. The number of rotatable bonds is 4. The molecule has 0 aliphatic rings. The highest BCUT2D eigenvalue weighted by atomic mass is 35.5. The van der Waals surface area contributed by atoms with Crippen LogP contribution in [0.3, 0.4) is 0 Å². The van der Waals surface area contributed by atoms with E-state index in [1.165, 1.54) is 6.33 Å². The molecular weight excluding hydrogens is 378 g/mol. The molecule has 1 N–H and O–H groups in total. The number of carbonyl (C=O) groups excluding carboxylic acids is 1. The van der Waals surface area contributed by atoms with E-state index in [9.17, 15) is 4.79 Å². The van der Waals surface area contributed by atoms with Crippen molar-refractivity contribution in [2.45, 2.75) is 6.92 Å². The Kier molecular flexibility index (Phi) is 4.71. The summed E-state index contributed by atoms with van der Waals surface area (Å²) in [5.41, 5.74) is 2.56. The third-order valence-corrected chi connectivity index (χ3v) is 4.65. The minimum absolute atomic E-state index is 0.299. The van der Waals surface area contributed by atoms with Crippen LogP contribution >= 0.6 is 11.6 Å². The van der Waals surface area contributed by atoms with Gasteiger partial charge in [0.1, 0.15) is 23.7 Å². The van der Waals surface area contributed by atoms with Gasteiger partial charge in [-0.05, 0) is 49.4 Å². The molecular formula is C21H16ClN3O3. The van der Waals surface area contributed by atoms with Gasteiger partial charge in [-0.2, -0.15) is 0 Å². The quantitative estimate of drug-likeness (QED) is 0.521. The van der Waals surface area contributed by atoms with Crippen LogP contribution in [0, 0.1) is 6.92 Å². The molecule has 0 radical (unpaired) electrons. The summed E-state index contributed by atoms with van der Waals surface area (Å²) in [7, 11) is 1.55. The summed E-state index contributed by atoms with van der Waals surface area (Å²) in [6, 6.07) is 14.2. The van der Waals surface area contributed by atoms with E-state index in [-0.39, 0.29) is 5.91 Å². The summed E-state index contributed by atoms with van der Waals surface area (Å²) >= 11 is 5.97. The van der Waals surface area contributed by atoms with E-state index in [1.807, 2.05) is 19.1 Å². The fraction of sp³-hybridized carbons (Fsp3) is 0.0952. The van der Waals surface area contributed by atoms with E-state index in [2.05, 4.69) is 15.3 Å². The van der Waals surface area contributed by atoms with Crippen molar-refractivity contribution in [3.8, 4) is 17.1 Å². The van der Waals surface area contributed by atoms with E-state index in [0.29, 0.717) is 39.0 Å². The number of halogens is 1. The van der Waals surface area contributed by atoms with Crippen molar-refractivity contribution in [2.24, 2.45) is 0 Å². The van der Waals surface area contributed by atoms with Gasteiger partial charge in [0.25, 0.3) is 5.91 Å². The highest BCUT2D eigenvalue weighted by molar-refractivity contribution is 6.30. The third-order valence-electron chi connectivity index (χ3n) is 4.40. The number of carbonyl (C=O) groups is 1. The monoisotopic (exact) mass is 393 g/mol. The number of furan rings is 1. The first-order valence-electron chi connectivity index (χ1n) is 8.52. The third kappa shape index (κ3) is 3.30. The number of amides is 1. The number of anilines is 1. The van der Waals surface area contributed by atoms with E-state index in [4.69, 9.17) is 20.8 Å². The molecule has 4 aromatic rings. The van der Waals surface area contributed by atoms with Crippen LogP contribution in [0.25, 0.3) is 22.4 Å². The van der Waals surface area contributed by atoms with Gasteiger partial charge < -0.3 is 14.5 Å². The summed E-state index contributed by atoms with van der Waals surface area (Å²) < 4.78 is 11.1. The lowest BCUT2D eigenvalue weighted by molar-refractivity contribution is 0.102. The number of nitrogens with zero attached hydrogens (tertiary/aromatic N) is 2. The van der Waals surface area contributed by atoms with E-state index < -0.39 is 0 Å². The number of methoxy groups -OCH3 is 1. The molecule has 0 aliphatic heterocycles. The fourth-order valence-electron chi connectivity index (χ4n) is 2.99. The van der Waals surface area contributed by atoms with Crippen LogP contribution < -0.4 is 10.1 Å². The maximum Gasteiger partial charge on any atom is 0.256 e. The van der Waals surface area contributed by atoms with Gasteiger partial charge in [-0.3, -0.25) is 4.79 Å². The molecule has 0 saturated carbocycles. The zero-order valence-electron chi connectivity index (χ0n) is 15.2. The summed E-state index contributed by atoms with van der Waals surface area (Å²) in [6.07, 6.45) is 1.36. The Bertz CT molecular complexity index is 1170. The Morgan fingerprint density at radius 1 is 1.14 bits per heavy atom. The number of hydrogen-bond acceptors (Lipinski definition) is 5. The van der Waals surface area contributed by atoms with Crippen LogP contribution in [0.2, 0.25) is 5.02 Å². The zero-order valence-corrected chi connectivity index (χ0v) is 15.9. The molecule has 6 nitrogen and oxygen atoms in total. The lowest BCUT2D eigenvalue weighted by atomic mass is 10.1. The van der Waals surface area contributed by atoms with Gasteiger partial charge in [0.15, 0.2) is 0 Å². The van der Waals surface area contributed by atoms with Gasteiger partial charge in [-0.25, -0.2) is 9.97 Å². The second kappa shape index (κ2) is 7.32. The summed E-state index contributed by atoms with van der Waals surface area (Å²) in [5.74, 6) is 1.35. The van der Waals surface area contributed by atoms with Crippen LogP contribution in [0.5, 0.6) is 5.75 Å². The van der Waals surface area contributed by atoms with Gasteiger partial charge in [0.05, 0.1) is 12.5 Å². The minimum Gasteiger partial charge on any atom is -0.497 e. The van der Waals surface area contributed by atoms with Gasteiger partial charge in [-0.1, -0.05) is 17.7 Å². The predicted octanol–water partition coefficient (Wildman–Crippen LogP) is 5.11. The highest BCUT2D eigenvalue weighted by Crippen LogP contribution is 2.35. The van der Waals surface area contributed by atoms with Crippen LogP contribution in [0.1, 0.15) is 15.9 Å². The second-order valence-electron chi connectivity index (χ2n) is 6.15. The van der Waals surface area contributed by atoms with Crippen LogP contribution in [-0.4, -0.2) is 23.0 Å². The van der Waals surface area contributed by atoms with Crippen molar-refractivity contribution < 1.29 is 13.9 Å². The smallest absolute Gasteiger partial charge is 0.256 e. The van der Waals surface area contributed by atoms with E-state index in [0.717, 1.165) is 11.1 Å². The SMILES string of the molecule is COc1cccc(C(=O)Nc2ncnc3oc(-c4ccc(Cl)cc4)c(C)c23)c1. The lowest BCUT2D eigenvalue weighted by Crippen LogP contribution is -2.13. The molecule has 7 heteroatoms. The summed E-state index contributed by atoms with van der Waals surface area (Å²) in [6.45, 7) is 1.90. The normalized spacial score (nSPS) is 10.8. The van der Waals surface area contributed by atoms with E-state index >= 15 is 0 Å². The number of hydrogen-bond donors (Lipinski definition) is 1. The molecule has 1 amide bonds. The van der Waals surface area contributed by atoms with Gasteiger partial charge in [-0.15, -0.1) is 0 Å². The van der Waals surface area contributed by atoms with E-state index in [1.54, 1.807) is 43.5 Å². The minimum atomic E-state index is -0.299. The number of aromatic nitrogens is 2. The fourth-order valence-corrected chi connectivity index (χ4v) is 3.11. The molecule has 0 fully saturated rings. The standard InChI is InChI=1S/C21H16ClN3O3/c1-12-17-19(25-20(26)14-4-3-5-16(10-14)27-2)23-11-24-21(17)28-18(12)13-6-8-15(22)9-7-13/h3-11H,1-2H3,(H,23,24,25,26). The Morgan fingerprint density at radius 2 is 1.93 bits per heavy atom. The zero-order chi connectivity index (χ0) is 19.7. The maximum atomic E-state index is 12.7. The molecule has 0 unspecified atom stereocenters. The molecule has 0 aliphatic carbocycles. The first-order valence-corrected chi connectivity index (χ1v) is 8.90. The first kappa shape index (κ1) is 18.0. The average molecular weight is 394 g/mol. The molecule has 140 valence electrons. The average Bonchev–Trinajstić information content (AvgIpc) is 3.06. The van der Waals surface area contributed by atoms with Crippen molar-refractivity contribution in [1.82, 2.24) is 9.97 Å². The van der Waals surface area contributed by atoms with Crippen molar-refractivity contribution in [3.63, 3.8) is 0 Å². The number of benzene rings is 2. The number of ether oxygens (including phenoxy) is 1. The Labute approximate surface area is 166 Å². The van der Waals surface area contributed by atoms with Crippen molar-refractivity contribution in [2.75, 3.05) is 12.4 Å². The second-order valence-corrected chi connectivity index (χ2v) is 6.59. The largest absolute Gasteiger partial charge is 0.497 e. The number of fused-ring (bicyclic) bond motifs is 1. The molecule has 4 rings (SSSR count). The molecule has 0 spiro atoms. The number of nitrogens with one attached hydrogen (secondary N) is 1. The van der Waals surface area contributed by atoms with Crippen LogP contribution in [0.15, 0.2) is 59.3 Å². The van der Waals surface area contributed by atoms with Crippen molar-refractivity contribution >= 4 is 34.4 Å². The molecule has 0 saturated heterocycles. The Hall–Kier alpha value is -3.38. The number of aryl methyl sites for hydroxylation is 1. The summed E-state index contributed by atoms with van der Waals surface area (Å²) in [5, 5.41) is 4.14. The highest BCUT2D eigenvalue weighted by Gasteiger charge is 2.19. The van der Waals surface area contributed by atoms with Gasteiger partial charge in [0, 0.05) is 21.7 Å². The van der Waals surface area contributed by atoms with Gasteiger partial charge in [0.2, 0.25) is 5.71 Å². The van der Waals surface area contributed by atoms with Crippen molar-refractivity contribution in [3.05, 3.63) is 71.0 Å². The predicted molar refractivity (Wildman–Crippen MR) is 108 cm³/mol. The van der Waals surface area contributed by atoms with Gasteiger partial charge >= 0.3 is 0 Å². The van der Waals surface area contributed by atoms with Crippen molar-refractivity contribution in [1.29, 1.82) is 0 Å². The maximum absolute atomic E-state index is 12.7. The molecule has 2 aromatic carbocycles. The summed E-state index contributed by atoms with van der Waals surface area (Å²) in [4.78, 5) is 21.1. The first-order chi connectivity index (χ1) is 13.6. The molecule has 0 bridgehead atoms. The molecule has 28 heavy (non-hydrogen) atoms. The van der Waals surface area contributed by atoms with Crippen LogP contribution in [0.4, 0.5) is 5.82 Å². The lowest BCUT2D eigenvalue weighted by Gasteiger charge is -2.07. The van der Waals surface area contributed by atoms with Crippen LogP contribution in [-0.2, 0) is 0 Å². The Balaban J connectivity index is 1.73. The molecule has 2 aromatic heterocycles. The Morgan fingerprint density at radius 3 is 2.68 bits per heavy atom. The topological polar surface area (TPSA) is 77.2 Å².